The van der Waals surface area contributed by atoms with Gasteiger partial charge in [-0.05, 0) is 24.3 Å². The third-order valence-electron chi connectivity index (χ3n) is 3.16. The van der Waals surface area contributed by atoms with Crippen LogP contribution >= 0.6 is 0 Å². The van der Waals surface area contributed by atoms with Gasteiger partial charge in [0.25, 0.3) is 0 Å². The van der Waals surface area contributed by atoms with Crippen LogP contribution in [-0.4, -0.2) is 11.1 Å². The molecule has 110 valence electrons. The number of rotatable bonds is 3. The Morgan fingerprint density at radius 2 is 1.18 bits per heavy atom. The maximum Gasteiger partial charge on any atom is 0.361 e. The lowest BCUT2D eigenvalue weighted by molar-refractivity contribution is -0.0000199. The van der Waals surface area contributed by atoms with E-state index in [0.29, 0.717) is 11.5 Å². The van der Waals surface area contributed by atoms with Crippen molar-refractivity contribution in [2.75, 3.05) is 0 Å². The van der Waals surface area contributed by atoms with Crippen molar-refractivity contribution in [3.05, 3.63) is 78.4 Å². The number of carbonyl (C=O) groups is 1. The van der Waals surface area contributed by atoms with Crippen LogP contribution in [-0.2, 0) is 0 Å². The lowest BCUT2D eigenvalue weighted by Crippen LogP contribution is -3.00. The van der Waals surface area contributed by atoms with Crippen LogP contribution in [0, 0.1) is 0 Å². The van der Waals surface area contributed by atoms with Crippen LogP contribution in [0.2, 0.25) is 0 Å². The average molecular weight is 357 g/mol. The molecule has 1 aromatic heterocycles. The monoisotopic (exact) mass is 356 g/mol. The lowest BCUT2D eigenvalue weighted by Gasteiger charge is -1.97. The Labute approximate surface area is 138 Å². The molecule has 4 heteroatoms. The fraction of sp³-hybridized carbons (Fsp3) is 0. The zero-order valence-corrected chi connectivity index (χ0v) is 13.2. The van der Waals surface area contributed by atoms with Gasteiger partial charge in [-0.15, -0.1) is 0 Å². The van der Waals surface area contributed by atoms with Gasteiger partial charge in [0.15, 0.2) is 0 Å². The smallest absolute Gasteiger partial charge is 0.361 e. The van der Waals surface area contributed by atoms with Gasteiger partial charge >= 0.3 is 17.5 Å². The number of carboxylic acids is 1. The highest BCUT2D eigenvalue weighted by Crippen LogP contribution is 2.28. The molecule has 0 amide bonds. The fourth-order valence-electron chi connectivity index (χ4n) is 2.11. The van der Waals surface area contributed by atoms with Crippen molar-refractivity contribution in [2.45, 2.75) is 0 Å². The van der Waals surface area contributed by atoms with Crippen LogP contribution in [0.5, 0.6) is 0 Å². The summed E-state index contributed by atoms with van der Waals surface area (Å²) >= 11 is 0. The highest BCUT2D eigenvalue weighted by Gasteiger charge is 2.21. The molecule has 1 N–H and O–H groups in total. The predicted molar refractivity (Wildman–Crippen MR) is 80.9 cm³/mol. The minimum Gasteiger partial charge on any atom is -1.00 e. The van der Waals surface area contributed by atoms with Crippen molar-refractivity contribution in [3.63, 3.8) is 0 Å². The molecule has 0 aliphatic heterocycles. The van der Waals surface area contributed by atoms with E-state index in [1.54, 1.807) is 12.1 Å². The second kappa shape index (κ2) is 7.00. The highest BCUT2D eigenvalue weighted by molar-refractivity contribution is 5.90. The van der Waals surface area contributed by atoms with Gasteiger partial charge in [-0.3, -0.25) is 0 Å². The van der Waals surface area contributed by atoms with Crippen LogP contribution in [0.1, 0.15) is 10.4 Å². The Morgan fingerprint density at radius 1 is 0.773 bits per heavy atom. The maximum atomic E-state index is 11.3. The van der Waals surface area contributed by atoms with Crippen LogP contribution < -0.4 is 17.0 Å². The van der Waals surface area contributed by atoms with Gasteiger partial charge in [-0.1, -0.05) is 36.4 Å². The molecule has 0 fully saturated rings. The Morgan fingerprint density at radius 3 is 1.55 bits per heavy atom. The van der Waals surface area contributed by atoms with E-state index in [9.17, 15) is 9.90 Å². The van der Waals surface area contributed by atoms with Crippen LogP contribution in [0.4, 0.5) is 0 Å². The van der Waals surface area contributed by atoms with E-state index in [1.165, 1.54) is 0 Å². The Bertz CT molecular complexity index is 713. The van der Waals surface area contributed by atoms with E-state index in [-0.39, 0.29) is 22.5 Å². The van der Waals surface area contributed by atoms with E-state index in [0.717, 1.165) is 11.1 Å². The zero-order valence-electron chi connectivity index (χ0n) is 11.6. The number of carboxylic acid groups (broad SMARTS) is 1. The second-order valence-corrected chi connectivity index (χ2v) is 4.61. The summed E-state index contributed by atoms with van der Waals surface area (Å²) in [5, 5.41) is 9.29. The minimum absolute atomic E-state index is 0. The standard InChI is InChI=1S/C18H12O3.BrH/c19-18(20)15-11-16(13-7-3-1-4-8-13)21-17(12-15)14-9-5-2-6-10-14;/h1-12H;1H. The summed E-state index contributed by atoms with van der Waals surface area (Å²) < 4.78 is 5.88. The zero-order chi connectivity index (χ0) is 14.7. The largest absolute Gasteiger partial charge is 1.00 e. The number of benzene rings is 2. The Kier molecular flexibility index (Phi) is 5.07. The summed E-state index contributed by atoms with van der Waals surface area (Å²) in [6, 6.07) is 22.0. The molecule has 1 heterocycles. The quantitative estimate of drug-likeness (QED) is 0.725. The van der Waals surface area contributed by atoms with E-state index in [1.807, 2.05) is 60.7 Å². The molecule has 0 aliphatic rings. The third-order valence-corrected chi connectivity index (χ3v) is 3.16. The SMILES string of the molecule is O=C(O)c1cc(-c2ccccc2)[o+]c(-c2ccccc2)c1.[Br-]. The summed E-state index contributed by atoms with van der Waals surface area (Å²) in [4.78, 5) is 11.3. The molecule has 0 bridgehead atoms. The highest BCUT2D eigenvalue weighted by atomic mass is 79.9. The summed E-state index contributed by atoms with van der Waals surface area (Å²) in [5.74, 6) is 0.101. The topological polar surface area (TPSA) is 48.6 Å². The van der Waals surface area contributed by atoms with Gasteiger partial charge in [0.1, 0.15) is 0 Å². The number of aromatic carboxylic acids is 1. The lowest BCUT2D eigenvalue weighted by atomic mass is 10.1. The molecule has 3 nitrogen and oxygen atoms in total. The Hall–Kier alpha value is -2.46. The first kappa shape index (κ1) is 15.9. The summed E-state index contributed by atoms with van der Waals surface area (Å²) in [6.45, 7) is 0. The molecule has 3 aromatic rings. The van der Waals surface area contributed by atoms with Gasteiger partial charge in [-0.25, -0.2) is 9.21 Å². The molecule has 0 spiro atoms. The van der Waals surface area contributed by atoms with Gasteiger partial charge in [-0.2, -0.15) is 0 Å². The van der Waals surface area contributed by atoms with Gasteiger partial charge < -0.3 is 22.1 Å². The van der Waals surface area contributed by atoms with E-state index in [2.05, 4.69) is 0 Å². The maximum absolute atomic E-state index is 11.3. The molecule has 0 atom stereocenters. The van der Waals surface area contributed by atoms with E-state index >= 15 is 0 Å². The predicted octanol–water partition coefficient (Wildman–Crippen LogP) is 1.60. The first-order valence-electron chi connectivity index (χ1n) is 6.56. The number of halogens is 1. The van der Waals surface area contributed by atoms with Gasteiger partial charge in [0, 0.05) is 0 Å². The Balaban J connectivity index is 0.00000176. The first-order valence-corrected chi connectivity index (χ1v) is 6.56. The summed E-state index contributed by atoms with van der Waals surface area (Å²) in [5.41, 5.74) is 1.90. The molecular weight excluding hydrogens is 344 g/mol. The molecule has 0 aliphatic carbocycles. The van der Waals surface area contributed by atoms with Crippen LogP contribution in [0.3, 0.4) is 0 Å². The van der Waals surface area contributed by atoms with Crippen molar-refractivity contribution >= 4 is 5.97 Å². The first-order chi connectivity index (χ1) is 10.2. The van der Waals surface area contributed by atoms with Crippen molar-refractivity contribution in [2.24, 2.45) is 0 Å². The number of hydrogen-bond acceptors (Lipinski definition) is 1. The fourth-order valence-corrected chi connectivity index (χ4v) is 2.11. The van der Waals surface area contributed by atoms with E-state index in [4.69, 9.17) is 4.42 Å². The van der Waals surface area contributed by atoms with Crippen molar-refractivity contribution in [1.29, 1.82) is 0 Å². The second-order valence-electron chi connectivity index (χ2n) is 4.61. The van der Waals surface area contributed by atoms with Crippen molar-refractivity contribution in [3.8, 4) is 22.6 Å². The number of hydrogen-bond donors (Lipinski definition) is 1. The molecule has 3 rings (SSSR count). The van der Waals surface area contributed by atoms with Gasteiger partial charge in [0.2, 0.25) is 0 Å². The van der Waals surface area contributed by atoms with E-state index < -0.39 is 5.97 Å². The van der Waals surface area contributed by atoms with Crippen molar-refractivity contribution in [1.82, 2.24) is 0 Å². The van der Waals surface area contributed by atoms with Crippen LogP contribution in [0.15, 0.2) is 77.2 Å². The molecular formula is C18H13BrO3. The molecule has 0 radical (unpaired) electrons. The van der Waals surface area contributed by atoms with Gasteiger partial charge in [0.05, 0.1) is 28.8 Å². The average Bonchev–Trinajstić information content (AvgIpc) is 2.56. The molecule has 0 saturated heterocycles. The summed E-state index contributed by atoms with van der Waals surface area (Å²) in [6.07, 6.45) is 0. The molecule has 0 saturated carbocycles. The molecule has 0 unspecified atom stereocenters. The molecule has 22 heavy (non-hydrogen) atoms. The third kappa shape index (κ3) is 3.40. The minimum atomic E-state index is -0.972. The molecule has 2 aromatic carbocycles. The normalized spacial score (nSPS) is 9.82. The summed E-state index contributed by atoms with van der Waals surface area (Å²) in [7, 11) is 0. The van der Waals surface area contributed by atoms with Crippen LogP contribution in [0.25, 0.3) is 22.6 Å². The van der Waals surface area contributed by atoms with Crippen molar-refractivity contribution < 1.29 is 31.3 Å².